The molecule has 0 unspecified atom stereocenters. The van der Waals surface area contributed by atoms with Crippen LogP contribution < -0.4 is 0 Å². The highest BCUT2D eigenvalue weighted by atomic mass is 15.1. The summed E-state index contributed by atoms with van der Waals surface area (Å²) < 4.78 is 0. The molecule has 0 saturated carbocycles. The summed E-state index contributed by atoms with van der Waals surface area (Å²) >= 11 is 0. The van der Waals surface area contributed by atoms with E-state index in [-0.39, 0.29) is 0 Å². The predicted molar refractivity (Wildman–Crippen MR) is 53.5 cm³/mol. The summed E-state index contributed by atoms with van der Waals surface area (Å²) in [6.45, 7) is 7.65. The number of hydrogen-bond acceptors (Lipinski definition) is 3. The maximum atomic E-state index is 4.23. The van der Waals surface area contributed by atoms with Gasteiger partial charge in [0.15, 0.2) is 0 Å². The Balaban J connectivity index is 2.34. The Hall–Kier alpha value is -0.960. The van der Waals surface area contributed by atoms with Crippen LogP contribution in [-0.2, 0) is 6.42 Å². The second kappa shape index (κ2) is 5.65. The van der Waals surface area contributed by atoms with Crippen molar-refractivity contribution in [2.24, 2.45) is 0 Å². The van der Waals surface area contributed by atoms with Gasteiger partial charge < -0.3 is 4.90 Å². The Morgan fingerprint density at radius 3 is 2.54 bits per heavy atom. The maximum Gasteiger partial charge on any atom is 0.0599 e. The molecular formula is C10H17N3. The molecule has 3 heteroatoms. The van der Waals surface area contributed by atoms with Crippen LogP contribution in [0, 0.1) is 0 Å². The molecule has 1 aromatic rings. The van der Waals surface area contributed by atoms with Gasteiger partial charge in [0.1, 0.15) is 0 Å². The molecule has 0 aromatic carbocycles. The second-order valence-electron chi connectivity index (χ2n) is 2.97. The lowest BCUT2D eigenvalue weighted by Crippen LogP contribution is -2.25. The molecule has 0 N–H and O–H groups in total. The molecular weight excluding hydrogens is 162 g/mol. The Morgan fingerprint density at radius 2 is 2.00 bits per heavy atom. The van der Waals surface area contributed by atoms with Crippen LogP contribution >= 0.6 is 0 Å². The lowest BCUT2D eigenvalue weighted by atomic mass is 10.3. The van der Waals surface area contributed by atoms with E-state index in [1.54, 1.807) is 12.4 Å². The monoisotopic (exact) mass is 179 g/mol. The molecule has 0 spiro atoms. The molecule has 0 aliphatic carbocycles. The van der Waals surface area contributed by atoms with E-state index >= 15 is 0 Å². The van der Waals surface area contributed by atoms with Gasteiger partial charge in [-0.3, -0.25) is 9.97 Å². The number of rotatable bonds is 5. The maximum absolute atomic E-state index is 4.23. The smallest absolute Gasteiger partial charge is 0.0599 e. The van der Waals surface area contributed by atoms with E-state index in [1.807, 2.05) is 6.20 Å². The van der Waals surface area contributed by atoms with Crippen LogP contribution in [0.5, 0.6) is 0 Å². The van der Waals surface area contributed by atoms with Crippen LogP contribution in [0.1, 0.15) is 19.5 Å². The van der Waals surface area contributed by atoms with E-state index in [4.69, 9.17) is 0 Å². The van der Waals surface area contributed by atoms with Gasteiger partial charge in [-0.25, -0.2) is 0 Å². The Labute approximate surface area is 79.8 Å². The highest BCUT2D eigenvalue weighted by molar-refractivity contribution is 4.94. The van der Waals surface area contributed by atoms with E-state index < -0.39 is 0 Å². The molecule has 1 aromatic heterocycles. The van der Waals surface area contributed by atoms with Crippen molar-refractivity contribution in [2.75, 3.05) is 19.6 Å². The summed E-state index contributed by atoms with van der Waals surface area (Å²) in [5, 5.41) is 0. The minimum absolute atomic E-state index is 0.996. The van der Waals surface area contributed by atoms with E-state index in [2.05, 4.69) is 28.7 Å². The number of aromatic nitrogens is 2. The molecule has 0 bridgehead atoms. The van der Waals surface area contributed by atoms with Crippen LogP contribution in [0.3, 0.4) is 0 Å². The van der Waals surface area contributed by atoms with Gasteiger partial charge in [-0.2, -0.15) is 0 Å². The molecule has 0 aliphatic heterocycles. The summed E-state index contributed by atoms with van der Waals surface area (Å²) in [6.07, 6.45) is 6.29. The Kier molecular flexibility index (Phi) is 4.40. The zero-order valence-electron chi connectivity index (χ0n) is 8.40. The molecule has 0 atom stereocenters. The van der Waals surface area contributed by atoms with Crippen molar-refractivity contribution < 1.29 is 0 Å². The topological polar surface area (TPSA) is 29.0 Å². The fourth-order valence-corrected chi connectivity index (χ4v) is 1.27. The van der Waals surface area contributed by atoms with Crippen molar-refractivity contribution in [1.82, 2.24) is 14.9 Å². The summed E-state index contributed by atoms with van der Waals surface area (Å²) in [5.41, 5.74) is 1.08. The third kappa shape index (κ3) is 3.51. The van der Waals surface area contributed by atoms with Crippen LogP contribution in [0.25, 0.3) is 0 Å². The lowest BCUT2D eigenvalue weighted by Gasteiger charge is -2.16. The van der Waals surface area contributed by atoms with Crippen molar-refractivity contribution in [2.45, 2.75) is 20.3 Å². The summed E-state index contributed by atoms with van der Waals surface area (Å²) in [5.74, 6) is 0. The van der Waals surface area contributed by atoms with Crippen molar-refractivity contribution in [3.8, 4) is 0 Å². The number of likely N-dealkylation sites (N-methyl/N-ethyl adjacent to an activating group) is 1. The standard InChI is InChI=1S/C10H17N3/c1-3-13(4-2)8-5-10-9-11-6-7-12-10/h6-7,9H,3-5,8H2,1-2H3. The molecule has 0 fully saturated rings. The van der Waals surface area contributed by atoms with Gasteiger partial charge in [-0.1, -0.05) is 13.8 Å². The SMILES string of the molecule is CCN(CC)CCc1cnccn1. The molecule has 1 heterocycles. The molecule has 3 nitrogen and oxygen atoms in total. The minimum atomic E-state index is 0.996. The van der Waals surface area contributed by atoms with Crippen LogP contribution in [0.2, 0.25) is 0 Å². The minimum Gasteiger partial charge on any atom is -0.303 e. The van der Waals surface area contributed by atoms with E-state index in [0.29, 0.717) is 0 Å². The van der Waals surface area contributed by atoms with Crippen LogP contribution in [0.4, 0.5) is 0 Å². The highest BCUT2D eigenvalue weighted by Crippen LogP contribution is 1.95. The first kappa shape index (κ1) is 10.1. The molecule has 0 amide bonds. The Morgan fingerprint density at radius 1 is 1.23 bits per heavy atom. The molecule has 1 rings (SSSR count). The first-order valence-electron chi connectivity index (χ1n) is 4.84. The average Bonchev–Trinajstić information content (AvgIpc) is 2.21. The predicted octanol–water partition coefficient (Wildman–Crippen LogP) is 1.36. The lowest BCUT2D eigenvalue weighted by molar-refractivity contribution is 0.307. The molecule has 0 saturated heterocycles. The van der Waals surface area contributed by atoms with E-state index in [1.165, 1.54) is 0 Å². The van der Waals surface area contributed by atoms with Crippen molar-refractivity contribution in [1.29, 1.82) is 0 Å². The third-order valence-corrected chi connectivity index (χ3v) is 2.20. The van der Waals surface area contributed by atoms with Gasteiger partial charge in [-0.05, 0) is 13.1 Å². The average molecular weight is 179 g/mol. The van der Waals surface area contributed by atoms with Gasteiger partial charge in [-0.15, -0.1) is 0 Å². The second-order valence-corrected chi connectivity index (χ2v) is 2.97. The first-order valence-corrected chi connectivity index (χ1v) is 4.84. The highest BCUT2D eigenvalue weighted by Gasteiger charge is 1.99. The zero-order chi connectivity index (χ0) is 9.52. The fraction of sp³-hybridized carbons (Fsp3) is 0.600. The number of nitrogens with zero attached hydrogens (tertiary/aromatic N) is 3. The van der Waals surface area contributed by atoms with Gasteiger partial charge in [0, 0.05) is 31.6 Å². The van der Waals surface area contributed by atoms with Gasteiger partial charge in [0.25, 0.3) is 0 Å². The third-order valence-electron chi connectivity index (χ3n) is 2.20. The van der Waals surface area contributed by atoms with Crippen molar-refractivity contribution >= 4 is 0 Å². The van der Waals surface area contributed by atoms with Gasteiger partial charge in [0.2, 0.25) is 0 Å². The van der Waals surface area contributed by atoms with Gasteiger partial charge >= 0.3 is 0 Å². The van der Waals surface area contributed by atoms with E-state index in [9.17, 15) is 0 Å². The Bertz CT molecular complexity index is 219. The largest absolute Gasteiger partial charge is 0.303 e. The molecule has 13 heavy (non-hydrogen) atoms. The summed E-state index contributed by atoms with van der Waals surface area (Å²) in [7, 11) is 0. The summed E-state index contributed by atoms with van der Waals surface area (Å²) in [6, 6.07) is 0. The summed E-state index contributed by atoms with van der Waals surface area (Å²) in [4.78, 5) is 10.6. The molecule has 0 aliphatic rings. The van der Waals surface area contributed by atoms with Crippen LogP contribution in [0.15, 0.2) is 18.6 Å². The quantitative estimate of drug-likeness (QED) is 0.683. The van der Waals surface area contributed by atoms with Crippen molar-refractivity contribution in [3.63, 3.8) is 0 Å². The first-order chi connectivity index (χ1) is 6.36. The molecule has 0 radical (unpaired) electrons. The van der Waals surface area contributed by atoms with Crippen molar-refractivity contribution in [3.05, 3.63) is 24.3 Å². The number of hydrogen-bond donors (Lipinski definition) is 0. The molecule has 72 valence electrons. The van der Waals surface area contributed by atoms with Crippen LogP contribution in [-0.4, -0.2) is 34.5 Å². The van der Waals surface area contributed by atoms with Gasteiger partial charge in [0.05, 0.1) is 5.69 Å². The zero-order valence-corrected chi connectivity index (χ0v) is 8.40. The normalized spacial score (nSPS) is 10.7. The fourth-order valence-electron chi connectivity index (χ4n) is 1.27. The van der Waals surface area contributed by atoms with E-state index in [0.717, 1.165) is 31.7 Å².